The van der Waals surface area contributed by atoms with Crippen molar-refractivity contribution in [1.82, 2.24) is 0 Å². The fraction of sp³-hybridized carbons (Fsp3) is 0.500. The first kappa shape index (κ1) is 12.7. The van der Waals surface area contributed by atoms with Crippen molar-refractivity contribution in [3.8, 4) is 0 Å². The molecule has 0 atom stereocenters. The standard InChI is InChI=1S/C14H18O2Se/c1-2-16-13(15)14(10-6-7-11-14)17-12-8-4-3-5-9-12/h3-5,8-9H,2,6-7,10-11H2,1H3. The van der Waals surface area contributed by atoms with E-state index in [-0.39, 0.29) is 25.2 Å². The van der Waals surface area contributed by atoms with Gasteiger partial charge in [-0.2, -0.15) is 0 Å². The molecule has 0 radical (unpaired) electrons. The van der Waals surface area contributed by atoms with Crippen molar-refractivity contribution in [1.29, 1.82) is 0 Å². The third-order valence-corrected chi connectivity index (χ3v) is 6.21. The molecule has 1 aliphatic rings. The number of hydrogen-bond donors (Lipinski definition) is 0. The van der Waals surface area contributed by atoms with Gasteiger partial charge >= 0.3 is 109 Å². The molecule has 92 valence electrons. The van der Waals surface area contributed by atoms with Crippen LogP contribution in [0.4, 0.5) is 0 Å². The van der Waals surface area contributed by atoms with Crippen LogP contribution in [0, 0.1) is 0 Å². The molecule has 1 saturated carbocycles. The number of benzene rings is 1. The molecule has 1 aromatic rings. The third kappa shape index (κ3) is 2.91. The van der Waals surface area contributed by atoms with Crippen LogP contribution in [0.5, 0.6) is 0 Å². The Morgan fingerprint density at radius 3 is 2.53 bits per heavy atom. The maximum absolute atomic E-state index is 12.2. The number of esters is 1. The average Bonchev–Trinajstić information content (AvgIpc) is 2.80. The summed E-state index contributed by atoms with van der Waals surface area (Å²) >= 11 is 0.191. The van der Waals surface area contributed by atoms with Crippen molar-refractivity contribution in [2.45, 2.75) is 36.9 Å². The van der Waals surface area contributed by atoms with Crippen LogP contribution in [0.1, 0.15) is 32.6 Å². The first-order valence-corrected chi connectivity index (χ1v) is 7.89. The van der Waals surface area contributed by atoms with Crippen molar-refractivity contribution >= 4 is 25.4 Å². The number of ether oxygens (including phenoxy) is 1. The molecule has 0 N–H and O–H groups in total. The summed E-state index contributed by atoms with van der Waals surface area (Å²) in [7, 11) is 0. The van der Waals surface area contributed by atoms with Gasteiger partial charge in [-0.3, -0.25) is 0 Å². The SMILES string of the molecule is CCOC(=O)C1([Se]c2ccccc2)CCCC1. The van der Waals surface area contributed by atoms with Gasteiger partial charge in [0.05, 0.1) is 0 Å². The van der Waals surface area contributed by atoms with E-state index in [1.165, 1.54) is 4.46 Å². The van der Waals surface area contributed by atoms with Crippen molar-refractivity contribution < 1.29 is 9.53 Å². The second-order valence-electron chi connectivity index (χ2n) is 4.34. The van der Waals surface area contributed by atoms with Gasteiger partial charge in [-0.25, -0.2) is 0 Å². The van der Waals surface area contributed by atoms with E-state index in [1.807, 2.05) is 25.1 Å². The molecule has 0 saturated heterocycles. The Balaban J connectivity index is 2.15. The third-order valence-electron chi connectivity index (χ3n) is 3.12. The van der Waals surface area contributed by atoms with Gasteiger partial charge in [0.2, 0.25) is 0 Å². The maximum atomic E-state index is 12.2. The van der Waals surface area contributed by atoms with Crippen LogP contribution in [0.3, 0.4) is 0 Å². The number of hydrogen-bond acceptors (Lipinski definition) is 2. The van der Waals surface area contributed by atoms with Crippen LogP contribution < -0.4 is 4.46 Å². The summed E-state index contributed by atoms with van der Waals surface area (Å²) in [4.78, 5) is 12.2. The van der Waals surface area contributed by atoms with E-state index in [0.29, 0.717) is 6.61 Å². The Morgan fingerprint density at radius 1 is 1.29 bits per heavy atom. The van der Waals surface area contributed by atoms with E-state index in [9.17, 15) is 4.79 Å². The Morgan fingerprint density at radius 2 is 1.94 bits per heavy atom. The Hall–Kier alpha value is -0.791. The summed E-state index contributed by atoms with van der Waals surface area (Å²) in [5.41, 5.74) is 0. The molecule has 0 unspecified atom stereocenters. The minimum atomic E-state index is -0.190. The van der Waals surface area contributed by atoms with Gasteiger partial charge in [-0.1, -0.05) is 0 Å². The normalized spacial score (nSPS) is 17.9. The van der Waals surface area contributed by atoms with E-state index in [1.54, 1.807) is 0 Å². The number of rotatable bonds is 4. The summed E-state index contributed by atoms with van der Waals surface area (Å²) in [6, 6.07) is 10.4. The fourth-order valence-electron chi connectivity index (χ4n) is 2.27. The van der Waals surface area contributed by atoms with Crippen molar-refractivity contribution in [3.63, 3.8) is 0 Å². The summed E-state index contributed by atoms with van der Waals surface area (Å²) < 4.78 is 6.39. The van der Waals surface area contributed by atoms with E-state index < -0.39 is 0 Å². The molecule has 0 bridgehead atoms. The van der Waals surface area contributed by atoms with Crippen LogP contribution in [-0.4, -0.2) is 27.5 Å². The molecular formula is C14H18O2Se. The number of carbonyl (C=O) groups excluding carboxylic acids is 1. The molecule has 1 fully saturated rings. The monoisotopic (exact) mass is 298 g/mol. The summed E-state index contributed by atoms with van der Waals surface area (Å²) in [6.07, 6.45) is 4.32. The van der Waals surface area contributed by atoms with E-state index in [4.69, 9.17) is 4.74 Å². The van der Waals surface area contributed by atoms with E-state index in [0.717, 1.165) is 25.7 Å². The molecule has 1 aliphatic carbocycles. The molecule has 0 heterocycles. The molecule has 1 aromatic carbocycles. The zero-order valence-electron chi connectivity index (χ0n) is 10.1. The molecule has 0 amide bonds. The second kappa shape index (κ2) is 5.70. The first-order valence-electron chi connectivity index (χ1n) is 6.18. The van der Waals surface area contributed by atoms with Gasteiger partial charge in [0.25, 0.3) is 0 Å². The molecule has 2 rings (SSSR count). The molecule has 2 nitrogen and oxygen atoms in total. The molecular weight excluding hydrogens is 279 g/mol. The summed E-state index contributed by atoms with van der Waals surface area (Å²) in [6.45, 7) is 2.38. The average molecular weight is 297 g/mol. The van der Waals surface area contributed by atoms with E-state index in [2.05, 4.69) is 12.1 Å². The predicted octanol–water partition coefficient (Wildman–Crippen LogP) is 2.31. The molecule has 0 spiro atoms. The zero-order valence-corrected chi connectivity index (χ0v) is 11.9. The Kier molecular flexibility index (Phi) is 4.25. The molecule has 0 aliphatic heterocycles. The molecule has 17 heavy (non-hydrogen) atoms. The van der Waals surface area contributed by atoms with Crippen LogP contribution in [0.15, 0.2) is 30.3 Å². The van der Waals surface area contributed by atoms with Crippen LogP contribution in [0.2, 0.25) is 4.31 Å². The van der Waals surface area contributed by atoms with Crippen molar-refractivity contribution in [3.05, 3.63) is 30.3 Å². The van der Waals surface area contributed by atoms with Gasteiger partial charge in [0.1, 0.15) is 0 Å². The molecule has 0 aromatic heterocycles. The quantitative estimate of drug-likeness (QED) is 0.630. The van der Waals surface area contributed by atoms with Crippen LogP contribution in [-0.2, 0) is 9.53 Å². The van der Waals surface area contributed by atoms with Gasteiger partial charge in [0, 0.05) is 0 Å². The van der Waals surface area contributed by atoms with Crippen molar-refractivity contribution in [2.24, 2.45) is 0 Å². The summed E-state index contributed by atoms with van der Waals surface area (Å²) in [5, 5.41) is 0. The second-order valence-corrected chi connectivity index (χ2v) is 7.39. The first-order chi connectivity index (χ1) is 8.27. The van der Waals surface area contributed by atoms with E-state index >= 15 is 0 Å². The molecule has 3 heteroatoms. The van der Waals surface area contributed by atoms with Gasteiger partial charge < -0.3 is 0 Å². The fourth-order valence-corrected chi connectivity index (χ4v) is 5.16. The summed E-state index contributed by atoms with van der Waals surface area (Å²) in [5.74, 6) is 0.0290. The van der Waals surface area contributed by atoms with Gasteiger partial charge in [0.15, 0.2) is 0 Å². The zero-order chi connectivity index (χ0) is 12.1. The van der Waals surface area contributed by atoms with Gasteiger partial charge in [-0.15, -0.1) is 0 Å². The number of carbonyl (C=O) groups is 1. The Bertz CT molecular complexity index is 369. The van der Waals surface area contributed by atoms with Crippen molar-refractivity contribution in [2.75, 3.05) is 6.61 Å². The minimum absolute atomic E-state index is 0.0290. The predicted molar refractivity (Wildman–Crippen MR) is 69.6 cm³/mol. The topological polar surface area (TPSA) is 26.3 Å². The van der Waals surface area contributed by atoms with Crippen LogP contribution in [0.25, 0.3) is 0 Å². The van der Waals surface area contributed by atoms with Crippen LogP contribution >= 0.6 is 0 Å². The Labute approximate surface area is 109 Å². The van der Waals surface area contributed by atoms with Gasteiger partial charge in [-0.05, 0) is 0 Å².